The van der Waals surface area contributed by atoms with E-state index in [9.17, 15) is 4.79 Å². The number of carboxylic acids is 1. The van der Waals surface area contributed by atoms with E-state index >= 15 is 0 Å². The van der Waals surface area contributed by atoms with E-state index in [0.717, 1.165) is 15.4 Å². The van der Waals surface area contributed by atoms with E-state index in [1.54, 1.807) is 6.20 Å². The van der Waals surface area contributed by atoms with Crippen LogP contribution in [-0.2, 0) is 24.3 Å². The number of nitrogens with zero attached hydrogens (tertiary/aromatic N) is 2. The molecule has 0 aliphatic rings. The third-order valence-corrected chi connectivity index (χ3v) is 3.36. The molecule has 18 heavy (non-hydrogen) atoms. The SMILES string of the molecule is O=C(O)Cc1ccc(CNCc2cccnn2)s1. The first-order valence-electron chi connectivity index (χ1n) is 5.51. The van der Waals surface area contributed by atoms with E-state index in [2.05, 4.69) is 15.5 Å². The van der Waals surface area contributed by atoms with E-state index in [4.69, 9.17) is 5.11 Å². The number of hydrogen-bond acceptors (Lipinski definition) is 5. The number of thiophene rings is 1. The zero-order valence-corrected chi connectivity index (χ0v) is 10.5. The second-order valence-corrected chi connectivity index (χ2v) is 5.01. The Balaban J connectivity index is 1.80. The molecule has 0 aromatic carbocycles. The lowest BCUT2D eigenvalue weighted by Crippen LogP contribution is -2.13. The minimum atomic E-state index is -0.795. The summed E-state index contributed by atoms with van der Waals surface area (Å²) in [5.41, 5.74) is 0.889. The molecular weight excluding hydrogens is 250 g/mol. The molecule has 0 fully saturated rings. The van der Waals surface area contributed by atoms with Crippen molar-refractivity contribution in [3.63, 3.8) is 0 Å². The molecule has 0 saturated heterocycles. The summed E-state index contributed by atoms with van der Waals surface area (Å²) in [6.07, 6.45) is 1.73. The van der Waals surface area contributed by atoms with Gasteiger partial charge in [-0.25, -0.2) is 0 Å². The van der Waals surface area contributed by atoms with Gasteiger partial charge in [-0.05, 0) is 24.3 Å². The van der Waals surface area contributed by atoms with Crippen molar-refractivity contribution in [3.8, 4) is 0 Å². The number of rotatable bonds is 6. The predicted octanol–water partition coefficient (Wildman–Crippen LogP) is 1.46. The zero-order chi connectivity index (χ0) is 12.8. The largest absolute Gasteiger partial charge is 0.481 e. The Bertz CT molecular complexity index is 513. The lowest BCUT2D eigenvalue weighted by molar-refractivity contribution is -0.136. The quantitative estimate of drug-likeness (QED) is 0.825. The summed E-state index contributed by atoms with van der Waals surface area (Å²) in [5.74, 6) is -0.795. The Morgan fingerprint density at radius 2 is 2.11 bits per heavy atom. The minimum Gasteiger partial charge on any atom is -0.481 e. The van der Waals surface area contributed by atoms with E-state index in [1.165, 1.54) is 11.3 Å². The van der Waals surface area contributed by atoms with Crippen LogP contribution in [0.3, 0.4) is 0 Å². The summed E-state index contributed by atoms with van der Waals surface area (Å²) in [6, 6.07) is 7.56. The topological polar surface area (TPSA) is 75.1 Å². The molecule has 0 spiro atoms. The van der Waals surface area contributed by atoms with Crippen molar-refractivity contribution in [2.24, 2.45) is 0 Å². The second kappa shape index (κ2) is 6.23. The number of carboxylic acid groups (broad SMARTS) is 1. The number of aromatic nitrogens is 2. The van der Waals surface area contributed by atoms with Gasteiger partial charge in [-0.1, -0.05) is 0 Å². The van der Waals surface area contributed by atoms with Gasteiger partial charge in [-0.2, -0.15) is 10.2 Å². The summed E-state index contributed by atoms with van der Waals surface area (Å²) in [7, 11) is 0. The highest BCUT2D eigenvalue weighted by Crippen LogP contribution is 2.16. The highest BCUT2D eigenvalue weighted by Gasteiger charge is 2.04. The van der Waals surface area contributed by atoms with Crippen LogP contribution in [0.15, 0.2) is 30.5 Å². The second-order valence-electron chi connectivity index (χ2n) is 3.76. The lowest BCUT2D eigenvalue weighted by Gasteiger charge is -2.01. The first kappa shape index (κ1) is 12.7. The normalized spacial score (nSPS) is 10.4. The standard InChI is InChI=1S/C12H13N3O2S/c16-12(17)6-10-3-4-11(18-10)8-13-7-9-2-1-5-14-15-9/h1-5,13H,6-8H2,(H,16,17). The molecule has 0 aliphatic heterocycles. The van der Waals surface area contributed by atoms with Crippen molar-refractivity contribution in [2.75, 3.05) is 0 Å². The fraction of sp³-hybridized carbons (Fsp3) is 0.250. The van der Waals surface area contributed by atoms with E-state index in [0.29, 0.717) is 13.1 Å². The summed E-state index contributed by atoms with van der Waals surface area (Å²) in [5, 5.41) is 19.7. The van der Waals surface area contributed by atoms with Crippen molar-refractivity contribution >= 4 is 17.3 Å². The molecule has 2 rings (SSSR count). The van der Waals surface area contributed by atoms with Crippen LogP contribution in [0.5, 0.6) is 0 Å². The molecule has 2 heterocycles. The molecule has 0 radical (unpaired) electrons. The van der Waals surface area contributed by atoms with Gasteiger partial charge in [0.2, 0.25) is 0 Å². The zero-order valence-electron chi connectivity index (χ0n) is 9.67. The molecule has 2 aromatic heterocycles. The molecule has 0 bridgehead atoms. The third-order valence-electron chi connectivity index (χ3n) is 2.28. The van der Waals surface area contributed by atoms with Gasteiger partial charge >= 0.3 is 5.97 Å². The molecule has 0 unspecified atom stereocenters. The van der Waals surface area contributed by atoms with Gasteiger partial charge in [0.15, 0.2) is 0 Å². The van der Waals surface area contributed by atoms with Crippen LogP contribution in [0.2, 0.25) is 0 Å². The summed E-state index contributed by atoms with van der Waals surface area (Å²) in [4.78, 5) is 12.5. The molecule has 2 N–H and O–H groups in total. The molecule has 0 atom stereocenters. The Labute approximate surface area is 109 Å². The summed E-state index contributed by atoms with van der Waals surface area (Å²) >= 11 is 1.52. The molecule has 0 saturated carbocycles. The van der Waals surface area contributed by atoms with Crippen molar-refractivity contribution in [1.82, 2.24) is 15.5 Å². The van der Waals surface area contributed by atoms with Crippen LogP contribution >= 0.6 is 11.3 Å². The highest BCUT2D eigenvalue weighted by atomic mass is 32.1. The fourth-order valence-corrected chi connectivity index (χ4v) is 2.48. The van der Waals surface area contributed by atoms with Crippen LogP contribution in [0.4, 0.5) is 0 Å². The maximum Gasteiger partial charge on any atom is 0.308 e. The first-order valence-corrected chi connectivity index (χ1v) is 6.32. The Hall–Kier alpha value is -1.79. The predicted molar refractivity (Wildman–Crippen MR) is 68.2 cm³/mol. The fourth-order valence-electron chi connectivity index (χ4n) is 1.50. The van der Waals surface area contributed by atoms with Gasteiger partial charge < -0.3 is 10.4 Å². The smallest absolute Gasteiger partial charge is 0.308 e. The molecule has 5 nitrogen and oxygen atoms in total. The number of hydrogen-bond donors (Lipinski definition) is 2. The molecule has 0 aliphatic carbocycles. The summed E-state index contributed by atoms with van der Waals surface area (Å²) < 4.78 is 0. The van der Waals surface area contributed by atoms with Crippen LogP contribution in [0, 0.1) is 0 Å². The average Bonchev–Trinajstić information content (AvgIpc) is 2.77. The molecular formula is C12H13N3O2S. The van der Waals surface area contributed by atoms with Gasteiger partial charge in [0.05, 0.1) is 12.1 Å². The summed E-state index contributed by atoms with van der Waals surface area (Å²) in [6.45, 7) is 1.36. The van der Waals surface area contributed by atoms with E-state index < -0.39 is 5.97 Å². The first-order chi connectivity index (χ1) is 8.74. The highest BCUT2D eigenvalue weighted by molar-refractivity contribution is 7.12. The van der Waals surface area contributed by atoms with Crippen molar-refractivity contribution in [1.29, 1.82) is 0 Å². The van der Waals surface area contributed by atoms with Gasteiger partial charge in [0, 0.05) is 29.0 Å². The molecule has 94 valence electrons. The molecule has 0 amide bonds. The van der Waals surface area contributed by atoms with Crippen LogP contribution in [0.1, 0.15) is 15.4 Å². The monoisotopic (exact) mass is 263 g/mol. The molecule has 2 aromatic rings. The Kier molecular flexibility index (Phi) is 4.38. The van der Waals surface area contributed by atoms with Crippen LogP contribution in [-0.4, -0.2) is 21.3 Å². The van der Waals surface area contributed by atoms with E-state index in [-0.39, 0.29) is 6.42 Å². The maximum atomic E-state index is 10.6. The molecule has 6 heteroatoms. The van der Waals surface area contributed by atoms with Crippen molar-refractivity contribution in [2.45, 2.75) is 19.5 Å². The number of carbonyl (C=O) groups is 1. The van der Waals surface area contributed by atoms with Crippen molar-refractivity contribution in [3.05, 3.63) is 45.9 Å². The van der Waals surface area contributed by atoms with E-state index in [1.807, 2.05) is 24.3 Å². The van der Waals surface area contributed by atoms with Gasteiger partial charge in [-0.15, -0.1) is 11.3 Å². The van der Waals surface area contributed by atoms with Crippen LogP contribution in [0.25, 0.3) is 0 Å². The number of nitrogens with one attached hydrogen (secondary N) is 1. The third kappa shape index (κ3) is 3.90. The minimum absolute atomic E-state index is 0.0921. The Morgan fingerprint density at radius 1 is 1.28 bits per heavy atom. The van der Waals surface area contributed by atoms with Crippen molar-refractivity contribution < 1.29 is 9.90 Å². The Morgan fingerprint density at radius 3 is 2.83 bits per heavy atom. The van der Waals surface area contributed by atoms with Gasteiger partial charge in [-0.3, -0.25) is 4.79 Å². The van der Waals surface area contributed by atoms with Gasteiger partial charge in [0.1, 0.15) is 0 Å². The maximum absolute atomic E-state index is 10.6. The van der Waals surface area contributed by atoms with Gasteiger partial charge in [0.25, 0.3) is 0 Å². The number of aliphatic carboxylic acids is 1. The lowest BCUT2D eigenvalue weighted by atomic mass is 10.3. The average molecular weight is 263 g/mol. The van der Waals surface area contributed by atoms with Crippen LogP contribution < -0.4 is 5.32 Å².